The number of para-hydroxylation sites is 1. The third kappa shape index (κ3) is 6.47. The number of anilines is 1. The number of hydrogen-bond acceptors (Lipinski definition) is 6. The third-order valence-corrected chi connectivity index (χ3v) is 5.47. The number of amides is 2. The van der Waals surface area contributed by atoms with E-state index in [0.717, 1.165) is 22.2 Å². The van der Waals surface area contributed by atoms with Crippen LogP contribution in [-0.4, -0.2) is 50.4 Å². The molecule has 0 spiro atoms. The summed E-state index contributed by atoms with van der Waals surface area (Å²) in [4.78, 5) is 30.2. The molecule has 0 saturated heterocycles. The van der Waals surface area contributed by atoms with E-state index in [1.807, 2.05) is 50.4 Å². The minimum Gasteiger partial charge on any atom is -0.444 e. The monoisotopic (exact) mass is 469 g/mol. The van der Waals surface area contributed by atoms with Gasteiger partial charge in [-0.1, -0.05) is 18.2 Å². The number of carbonyl (C=O) groups excluding carboxylic acids is 2. The van der Waals surface area contributed by atoms with Crippen molar-refractivity contribution >= 4 is 40.5 Å². The highest BCUT2D eigenvalue weighted by atomic mass is 32.2. The molecule has 0 fully saturated rings. The molecule has 3 rings (SSSR count). The van der Waals surface area contributed by atoms with Crippen molar-refractivity contribution in [3.8, 4) is 5.82 Å². The molecular weight excluding hydrogens is 438 g/mol. The Bertz CT molecular complexity index is 1150. The summed E-state index contributed by atoms with van der Waals surface area (Å²) in [5.41, 5.74) is 1.99. The molecule has 0 aliphatic heterocycles. The van der Waals surface area contributed by atoms with Crippen LogP contribution in [0, 0.1) is 13.8 Å². The second-order valence-electron chi connectivity index (χ2n) is 8.87. The highest BCUT2D eigenvalue weighted by molar-refractivity contribution is 7.98. The second kappa shape index (κ2) is 10.2. The Labute approximate surface area is 198 Å². The first-order chi connectivity index (χ1) is 15.6. The number of aryl methyl sites for hydroxylation is 2. The quantitative estimate of drug-likeness (QED) is 0.524. The molecule has 0 aliphatic carbocycles. The van der Waals surface area contributed by atoms with Crippen molar-refractivity contribution in [1.29, 1.82) is 0 Å². The fourth-order valence-electron chi connectivity index (χ4n) is 3.37. The Morgan fingerprint density at radius 2 is 1.91 bits per heavy atom. The van der Waals surface area contributed by atoms with Gasteiger partial charge in [0.2, 0.25) is 5.91 Å². The number of nitrogens with zero attached hydrogens (tertiary/aromatic N) is 3. The standard InChI is InChI=1S/C24H31N5O3S/c1-15-13-20(25-18-10-8-7-9-17(15)18)29-21(14-16(2)28-29)27-22(30)19(11-12-33-6)26-23(31)32-24(3,4)5/h7-10,13-14,19H,11-12H2,1-6H3,(H,26,31)(H,27,30). The summed E-state index contributed by atoms with van der Waals surface area (Å²) in [6.45, 7) is 9.21. The molecule has 2 heterocycles. The second-order valence-corrected chi connectivity index (χ2v) is 9.85. The van der Waals surface area contributed by atoms with Crippen LogP contribution >= 0.6 is 11.8 Å². The van der Waals surface area contributed by atoms with Crippen LogP contribution in [0.3, 0.4) is 0 Å². The largest absolute Gasteiger partial charge is 0.444 e. The van der Waals surface area contributed by atoms with Crippen LogP contribution < -0.4 is 10.6 Å². The summed E-state index contributed by atoms with van der Waals surface area (Å²) in [5, 5.41) is 11.2. The van der Waals surface area contributed by atoms with E-state index in [1.165, 1.54) is 0 Å². The van der Waals surface area contributed by atoms with Crippen LogP contribution in [-0.2, 0) is 9.53 Å². The van der Waals surface area contributed by atoms with Crippen molar-refractivity contribution in [3.05, 3.63) is 47.7 Å². The summed E-state index contributed by atoms with van der Waals surface area (Å²) in [5.74, 6) is 1.46. The van der Waals surface area contributed by atoms with Crippen molar-refractivity contribution < 1.29 is 14.3 Å². The molecule has 0 saturated carbocycles. The van der Waals surface area contributed by atoms with Crippen molar-refractivity contribution in [3.63, 3.8) is 0 Å². The first-order valence-electron chi connectivity index (χ1n) is 10.8. The SMILES string of the molecule is CSCCC(NC(=O)OC(C)(C)C)C(=O)Nc1cc(C)nn1-c1cc(C)c2ccccc2n1. The van der Waals surface area contributed by atoms with Gasteiger partial charge in [-0.05, 0) is 70.7 Å². The lowest BCUT2D eigenvalue weighted by atomic mass is 10.1. The number of carbonyl (C=O) groups is 2. The molecule has 176 valence electrons. The van der Waals surface area contributed by atoms with E-state index in [1.54, 1.807) is 43.3 Å². The summed E-state index contributed by atoms with van der Waals surface area (Å²) in [6.07, 6.45) is 1.79. The van der Waals surface area contributed by atoms with Crippen LogP contribution in [0.5, 0.6) is 0 Å². The highest BCUT2D eigenvalue weighted by Crippen LogP contribution is 2.22. The first kappa shape index (κ1) is 24.6. The fraction of sp³-hybridized carbons (Fsp3) is 0.417. The minimum absolute atomic E-state index is 0.339. The van der Waals surface area contributed by atoms with E-state index >= 15 is 0 Å². The molecule has 0 radical (unpaired) electrons. The number of pyridine rings is 1. The Hall–Kier alpha value is -3.07. The van der Waals surface area contributed by atoms with Gasteiger partial charge in [0, 0.05) is 11.5 Å². The van der Waals surface area contributed by atoms with E-state index in [-0.39, 0.29) is 5.91 Å². The molecule has 3 aromatic rings. The van der Waals surface area contributed by atoms with Gasteiger partial charge >= 0.3 is 6.09 Å². The molecule has 8 nitrogen and oxygen atoms in total. The molecule has 1 unspecified atom stereocenters. The van der Waals surface area contributed by atoms with Crippen LogP contribution in [0.1, 0.15) is 38.4 Å². The normalized spacial score (nSPS) is 12.4. The molecule has 1 aromatic carbocycles. The lowest BCUT2D eigenvalue weighted by Crippen LogP contribution is -2.46. The average molecular weight is 470 g/mol. The molecule has 2 N–H and O–H groups in total. The molecular formula is C24H31N5O3S. The Kier molecular flexibility index (Phi) is 7.63. The van der Waals surface area contributed by atoms with E-state index in [2.05, 4.69) is 15.7 Å². The van der Waals surface area contributed by atoms with Gasteiger partial charge in [0.15, 0.2) is 5.82 Å². The molecule has 2 amide bonds. The van der Waals surface area contributed by atoms with Gasteiger partial charge < -0.3 is 15.4 Å². The van der Waals surface area contributed by atoms with Crippen molar-refractivity contribution in [2.75, 3.05) is 17.3 Å². The van der Waals surface area contributed by atoms with E-state index in [0.29, 0.717) is 23.8 Å². The van der Waals surface area contributed by atoms with Crippen molar-refractivity contribution in [2.24, 2.45) is 0 Å². The minimum atomic E-state index is -0.748. The zero-order valence-electron chi connectivity index (χ0n) is 19.9. The zero-order valence-corrected chi connectivity index (χ0v) is 20.7. The zero-order chi connectivity index (χ0) is 24.2. The van der Waals surface area contributed by atoms with Crippen molar-refractivity contribution in [2.45, 2.75) is 52.7 Å². The Morgan fingerprint density at radius 3 is 2.61 bits per heavy atom. The van der Waals surface area contributed by atoms with Gasteiger partial charge in [0.1, 0.15) is 17.5 Å². The lowest BCUT2D eigenvalue weighted by molar-refractivity contribution is -0.118. The van der Waals surface area contributed by atoms with E-state index in [4.69, 9.17) is 9.72 Å². The number of fused-ring (bicyclic) bond motifs is 1. The molecule has 1 atom stereocenters. The molecule has 2 aromatic heterocycles. The van der Waals surface area contributed by atoms with E-state index < -0.39 is 17.7 Å². The molecule has 33 heavy (non-hydrogen) atoms. The number of nitrogens with one attached hydrogen (secondary N) is 2. The van der Waals surface area contributed by atoms with Crippen molar-refractivity contribution in [1.82, 2.24) is 20.1 Å². The van der Waals surface area contributed by atoms with Gasteiger partial charge in [0.05, 0.1) is 11.2 Å². The average Bonchev–Trinajstić information content (AvgIpc) is 3.09. The predicted octanol–water partition coefficient (Wildman–Crippen LogP) is 4.62. The first-order valence-corrected chi connectivity index (χ1v) is 12.2. The van der Waals surface area contributed by atoms with Gasteiger partial charge in [-0.2, -0.15) is 21.5 Å². The lowest BCUT2D eigenvalue weighted by Gasteiger charge is -2.23. The van der Waals surface area contributed by atoms with Crippen LogP contribution in [0.25, 0.3) is 16.7 Å². The van der Waals surface area contributed by atoms with Gasteiger partial charge in [-0.25, -0.2) is 9.78 Å². The summed E-state index contributed by atoms with van der Waals surface area (Å²) >= 11 is 1.60. The maximum absolute atomic E-state index is 13.1. The predicted molar refractivity (Wildman–Crippen MR) is 133 cm³/mol. The third-order valence-electron chi connectivity index (χ3n) is 4.83. The molecule has 0 bridgehead atoms. The summed E-state index contributed by atoms with van der Waals surface area (Å²) < 4.78 is 6.95. The summed E-state index contributed by atoms with van der Waals surface area (Å²) in [7, 11) is 0. The van der Waals surface area contributed by atoms with Gasteiger partial charge in [-0.3, -0.25) is 4.79 Å². The number of hydrogen-bond donors (Lipinski definition) is 2. The van der Waals surface area contributed by atoms with E-state index in [9.17, 15) is 9.59 Å². The Balaban J connectivity index is 1.86. The Morgan fingerprint density at radius 1 is 1.18 bits per heavy atom. The topological polar surface area (TPSA) is 98.1 Å². The number of benzene rings is 1. The number of thioether (sulfide) groups is 1. The number of ether oxygens (including phenoxy) is 1. The maximum Gasteiger partial charge on any atom is 0.408 e. The maximum atomic E-state index is 13.1. The number of aromatic nitrogens is 3. The number of rotatable bonds is 7. The number of alkyl carbamates (subject to hydrolysis) is 1. The van der Waals surface area contributed by atoms with Gasteiger partial charge in [0.25, 0.3) is 0 Å². The summed E-state index contributed by atoms with van der Waals surface area (Å²) in [6, 6.07) is 10.9. The molecule has 0 aliphatic rings. The molecule has 9 heteroatoms. The van der Waals surface area contributed by atoms with Gasteiger partial charge in [-0.15, -0.1) is 0 Å². The smallest absolute Gasteiger partial charge is 0.408 e. The van der Waals surface area contributed by atoms with Crippen LogP contribution in [0.4, 0.5) is 10.6 Å². The fourth-order valence-corrected chi connectivity index (χ4v) is 3.84. The highest BCUT2D eigenvalue weighted by Gasteiger charge is 2.25. The van der Waals surface area contributed by atoms with Crippen LogP contribution in [0.15, 0.2) is 36.4 Å². The van der Waals surface area contributed by atoms with Crippen LogP contribution in [0.2, 0.25) is 0 Å².